The second-order valence-electron chi connectivity index (χ2n) is 3.75. The van der Waals surface area contributed by atoms with Crippen LogP contribution in [0.1, 0.15) is 10.6 Å². The lowest BCUT2D eigenvalue weighted by atomic mass is 10.3. The van der Waals surface area contributed by atoms with Crippen molar-refractivity contribution in [3.05, 3.63) is 37.1 Å². The van der Waals surface area contributed by atoms with E-state index in [9.17, 15) is 4.79 Å². The minimum absolute atomic E-state index is 0.158. The molecule has 0 atom stereocenters. The van der Waals surface area contributed by atoms with E-state index in [1.54, 1.807) is 23.0 Å². The largest absolute Gasteiger partial charge is 0.378 e. The zero-order valence-corrected chi connectivity index (χ0v) is 12.6. The molecule has 0 amide bonds. The van der Waals surface area contributed by atoms with E-state index in [-0.39, 0.29) is 12.1 Å². The molecule has 2 aromatic heterocycles. The summed E-state index contributed by atoms with van der Waals surface area (Å²) in [5.74, 6) is 2.39. The smallest absolute Gasteiger partial charge is 0.284 e. The predicted octanol–water partition coefficient (Wildman–Crippen LogP) is 2.02. The second kappa shape index (κ2) is 5.99. The molecule has 0 aliphatic heterocycles. The highest BCUT2D eigenvalue weighted by Gasteiger charge is 2.09. The van der Waals surface area contributed by atoms with Crippen molar-refractivity contribution in [1.82, 2.24) is 14.8 Å². The maximum absolute atomic E-state index is 11.9. The van der Waals surface area contributed by atoms with Gasteiger partial charge in [0.05, 0.1) is 29.6 Å². The average Bonchev–Trinajstić information content (AvgIpc) is 2.80. The first-order chi connectivity index (χ1) is 9.13. The van der Waals surface area contributed by atoms with Crippen molar-refractivity contribution >= 4 is 33.0 Å². The summed E-state index contributed by atoms with van der Waals surface area (Å²) in [5, 5.41) is 7.17. The van der Waals surface area contributed by atoms with Crippen LogP contribution >= 0.6 is 27.3 Å². The van der Waals surface area contributed by atoms with E-state index in [1.165, 1.54) is 4.68 Å². The predicted molar refractivity (Wildman–Crippen MR) is 79.2 cm³/mol. The minimum Gasteiger partial charge on any atom is -0.378 e. The molecular formula is C12H11BrN4OS. The fraction of sp³-hybridized carbons (Fsp3) is 0.250. The quantitative estimate of drug-likeness (QED) is 0.866. The lowest BCUT2D eigenvalue weighted by molar-refractivity contribution is 0.659. The van der Waals surface area contributed by atoms with Crippen molar-refractivity contribution in [2.24, 2.45) is 0 Å². The van der Waals surface area contributed by atoms with Gasteiger partial charge in [-0.15, -0.1) is 17.8 Å². The molecule has 0 aliphatic carbocycles. The molecule has 0 spiro atoms. The molecular weight excluding hydrogens is 328 g/mol. The third-order valence-corrected chi connectivity index (χ3v) is 4.21. The number of aromatic nitrogens is 3. The van der Waals surface area contributed by atoms with Crippen LogP contribution < -0.4 is 10.9 Å². The molecule has 5 nitrogen and oxygen atoms in total. The van der Waals surface area contributed by atoms with Crippen LogP contribution in [0.3, 0.4) is 0 Å². The van der Waals surface area contributed by atoms with Gasteiger partial charge < -0.3 is 5.32 Å². The SMILES string of the molecule is C#CCn1ncc(NCc2scnc2C)c(Br)c1=O. The van der Waals surface area contributed by atoms with Gasteiger partial charge in [-0.25, -0.2) is 9.67 Å². The van der Waals surface area contributed by atoms with Gasteiger partial charge in [-0.05, 0) is 22.9 Å². The van der Waals surface area contributed by atoms with Gasteiger partial charge in [0.25, 0.3) is 5.56 Å². The Morgan fingerprint density at radius 3 is 3.05 bits per heavy atom. The van der Waals surface area contributed by atoms with Gasteiger partial charge in [0.15, 0.2) is 0 Å². The van der Waals surface area contributed by atoms with Crippen molar-refractivity contribution in [2.45, 2.75) is 20.0 Å². The van der Waals surface area contributed by atoms with Crippen LogP contribution in [-0.2, 0) is 13.1 Å². The molecule has 0 saturated carbocycles. The Kier molecular flexibility index (Phi) is 4.35. The number of terminal acetylenes is 1. The molecule has 0 bridgehead atoms. The molecule has 0 radical (unpaired) electrons. The topological polar surface area (TPSA) is 59.8 Å². The lowest BCUT2D eigenvalue weighted by Crippen LogP contribution is -2.24. The van der Waals surface area contributed by atoms with E-state index in [1.807, 2.05) is 6.92 Å². The molecule has 19 heavy (non-hydrogen) atoms. The summed E-state index contributed by atoms with van der Waals surface area (Å²) in [7, 11) is 0. The molecule has 0 aliphatic rings. The highest BCUT2D eigenvalue weighted by Crippen LogP contribution is 2.19. The van der Waals surface area contributed by atoms with Crippen LogP contribution in [0.15, 0.2) is 21.0 Å². The lowest BCUT2D eigenvalue weighted by Gasteiger charge is -2.08. The van der Waals surface area contributed by atoms with Gasteiger partial charge in [-0.3, -0.25) is 4.79 Å². The Bertz CT molecular complexity index is 686. The van der Waals surface area contributed by atoms with E-state index >= 15 is 0 Å². The fourth-order valence-electron chi connectivity index (χ4n) is 1.46. The molecule has 0 saturated heterocycles. The molecule has 2 rings (SSSR count). The third-order valence-electron chi connectivity index (χ3n) is 2.51. The average molecular weight is 339 g/mol. The number of thiazole rings is 1. The number of halogens is 1. The number of hydrogen-bond acceptors (Lipinski definition) is 5. The molecule has 0 fully saturated rings. The third kappa shape index (κ3) is 3.03. The fourth-order valence-corrected chi connectivity index (χ4v) is 2.62. The molecule has 0 unspecified atom stereocenters. The summed E-state index contributed by atoms with van der Waals surface area (Å²) >= 11 is 4.84. The Morgan fingerprint density at radius 1 is 1.63 bits per heavy atom. The minimum atomic E-state index is -0.246. The van der Waals surface area contributed by atoms with Crippen LogP contribution in [0.4, 0.5) is 5.69 Å². The van der Waals surface area contributed by atoms with E-state index < -0.39 is 0 Å². The summed E-state index contributed by atoms with van der Waals surface area (Å²) in [4.78, 5) is 17.2. The van der Waals surface area contributed by atoms with Crippen molar-refractivity contribution in [1.29, 1.82) is 0 Å². The Hall–Kier alpha value is -1.65. The zero-order chi connectivity index (χ0) is 13.8. The van der Waals surface area contributed by atoms with Crippen LogP contribution in [0.25, 0.3) is 0 Å². The standard InChI is InChI=1S/C12H11BrN4OS/c1-3-4-17-12(18)11(13)9(5-16-17)14-6-10-8(2)15-7-19-10/h1,5,7,14H,4,6H2,2H3. The van der Waals surface area contributed by atoms with Gasteiger partial charge >= 0.3 is 0 Å². The molecule has 1 N–H and O–H groups in total. The number of anilines is 1. The van der Waals surface area contributed by atoms with E-state index in [2.05, 4.69) is 37.2 Å². The van der Waals surface area contributed by atoms with Gasteiger partial charge in [0, 0.05) is 4.88 Å². The van der Waals surface area contributed by atoms with Gasteiger partial charge in [-0.2, -0.15) is 5.10 Å². The summed E-state index contributed by atoms with van der Waals surface area (Å²) in [5.41, 5.74) is 3.18. The molecule has 0 aromatic carbocycles. The van der Waals surface area contributed by atoms with Crippen LogP contribution in [0, 0.1) is 19.3 Å². The van der Waals surface area contributed by atoms with Gasteiger partial charge in [0.1, 0.15) is 11.0 Å². The van der Waals surface area contributed by atoms with Gasteiger partial charge in [0.2, 0.25) is 0 Å². The number of rotatable bonds is 4. The van der Waals surface area contributed by atoms with Crippen molar-refractivity contribution < 1.29 is 0 Å². The molecule has 7 heteroatoms. The highest BCUT2D eigenvalue weighted by molar-refractivity contribution is 9.10. The summed E-state index contributed by atoms with van der Waals surface area (Å²) in [6.45, 7) is 2.72. The summed E-state index contributed by atoms with van der Waals surface area (Å²) < 4.78 is 1.66. The summed E-state index contributed by atoms with van der Waals surface area (Å²) in [6.07, 6.45) is 6.75. The Balaban J connectivity index is 2.18. The monoisotopic (exact) mass is 338 g/mol. The van der Waals surface area contributed by atoms with Gasteiger partial charge in [-0.1, -0.05) is 5.92 Å². The number of aryl methyl sites for hydroxylation is 1. The number of hydrogen-bond donors (Lipinski definition) is 1. The van der Waals surface area contributed by atoms with Crippen LogP contribution in [0.5, 0.6) is 0 Å². The zero-order valence-electron chi connectivity index (χ0n) is 10.2. The van der Waals surface area contributed by atoms with E-state index in [4.69, 9.17) is 6.42 Å². The first kappa shape index (κ1) is 13.8. The second-order valence-corrected chi connectivity index (χ2v) is 5.49. The summed E-state index contributed by atoms with van der Waals surface area (Å²) in [6, 6.07) is 0. The number of nitrogens with zero attached hydrogens (tertiary/aromatic N) is 3. The van der Waals surface area contributed by atoms with E-state index in [0.29, 0.717) is 16.7 Å². The first-order valence-electron chi connectivity index (χ1n) is 5.45. The maximum atomic E-state index is 11.9. The molecule has 2 aromatic rings. The molecule has 2 heterocycles. The van der Waals surface area contributed by atoms with Crippen molar-refractivity contribution in [2.75, 3.05) is 5.32 Å². The van der Waals surface area contributed by atoms with Crippen LogP contribution in [0.2, 0.25) is 0 Å². The first-order valence-corrected chi connectivity index (χ1v) is 7.12. The van der Waals surface area contributed by atoms with E-state index in [0.717, 1.165) is 10.6 Å². The maximum Gasteiger partial charge on any atom is 0.284 e. The Labute approximate surface area is 122 Å². The van der Waals surface area contributed by atoms with Crippen molar-refractivity contribution in [3.8, 4) is 12.3 Å². The number of nitrogens with one attached hydrogen (secondary N) is 1. The normalized spacial score (nSPS) is 10.2. The van der Waals surface area contributed by atoms with Crippen molar-refractivity contribution in [3.63, 3.8) is 0 Å². The van der Waals surface area contributed by atoms with Crippen LogP contribution in [-0.4, -0.2) is 14.8 Å². The highest BCUT2D eigenvalue weighted by atomic mass is 79.9. The Morgan fingerprint density at radius 2 is 2.42 bits per heavy atom. The molecule has 98 valence electrons.